The molecule has 0 aliphatic carbocycles. The highest BCUT2D eigenvalue weighted by molar-refractivity contribution is 7.25. The van der Waals surface area contributed by atoms with Crippen LogP contribution >= 0.6 is 11.3 Å². The van der Waals surface area contributed by atoms with E-state index in [1.165, 1.54) is 22.2 Å². The number of pyridine rings is 1. The molecule has 6 nitrogen and oxygen atoms in total. The number of carbonyl (C=O) groups excluding carboxylic acids is 1. The predicted molar refractivity (Wildman–Crippen MR) is 108 cm³/mol. The molecular weight excluding hydrogens is 360 g/mol. The highest BCUT2D eigenvalue weighted by atomic mass is 32.1. The predicted octanol–water partition coefficient (Wildman–Crippen LogP) is 3.90. The first kappa shape index (κ1) is 17.4. The van der Waals surface area contributed by atoms with Crippen molar-refractivity contribution in [2.75, 3.05) is 5.32 Å². The van der Waals surface area contributed by atoms with E-state index in [2.05, 4.69) is 15.3 Å². The van der Waals surface area contributed by atoms with E-state index in [1.54, 1.807) is 6.20 Å². The summed E-state index contributed by atoms with van der Waals surface area (Å²) in [6.45, 7) is 3.86. The van der Waals surface area contributed by atoms with Crippen LogP contribution in [0.1, 0.15) is 24.9 Å². The number of amides is 1. The summed E-state index contributed by atoms with van der Waals surface area (Å²) in [5.41, 5.74) is 2.24. The standard InChI is InChI=1S/C20H18N4O2S/c1-3-15(18(25)23-13-8-6-12(2)7-9-13)24-11-22-16-14-5-4-10-21-19(14)27-17(16)20(24)26/h4-11,15H,3H2,1-2H3,(H,23,25). The molecule has 3 heterocycles. The van der Waals surface area contributed by atoms with Gasteiger partial charge in [0.05, 0.1) is 11.8 Å². The lowest BCUT2D eigenvalue weighted by Gasteiger charge is -2.17. The minimum Gasteiger partial charge on any atom is -0.324 e. The normalized spacial score (nSPS) is 12.4. The van der Waals surface area contributed by atoms with Crippen LogP contribution in [-0.2, 0) is 4.79 Å². The number of aromatic nitrogens is 3. The number of hydrogen-bond acceptors (Lipinski definition) is 5. The third kappa shape index (κ3) is 3.10. The molecule has 1 amide bonds. The minimum absolute atomic E-state index is 0.214. The number of anilines is 1. The third-order valence-electron chi connectivity index (χ3n) is 4.52. The summed E-state index contributed by atoms with van der Waals surface area (Å²) in [7, 11) is 0. The van der Waals surface area contributed by atoms with Crippen molar-refractivity contribution in [1.82, 2.24) is 14.5 Å². The summed E-state index contributed by atoms with van der Waals surface area (Å²) in [6.07, 6.45) is 3.64. The Morgan fingerprint density at radius 2 is 2.00 bits per heavy atom. The van der Waals surface area contributed by atoms with E-state index in [1.807, 2.05) is 50.2 Å². The molecule has 0 aliphatic rings. The summed E-state index contributed by atoms with van der Waals surface area (Å²) < 4.78 is 1.94. The van der Waals surface area contributed by atoms with Crippen LogP contribution in [0.25, 0.3) is 20.4 Å². The van der Waals surface area contributed by atoms with Crippen molar-refractivity contribution in [3.05, 3.63) is 64.8 Å². The lowest BCUT2D eigenvalue weighted by molar-refractivity contribution is -0.119. The number of thiophene rings is 1. The lowest BCUT2D eigenvalue weighted by atomic mass is 10.2. The van der Waals surface area contributed by atoms with Crippen molar-refractivity contribution in [3.63, 3.8) is 0 Å². The van der Waals surface area contributed by atoms with Crippen LogP contribution in [0.5, 0.6) is 0 Å². The molecule has 1 unspecified atom stereocenters. The zero-order chi connectivity index (χ0) is 19.0. The molecule has 1 aromatic carbocycles. The number of aryl methyl sites for hydroxylation is 1. The Balaban J connectivity index is 1.73. The Morgan fingerprint density at radius 1 is 1.22 bits per heavy atom. The molecule has 0 radical (unpaired) electrons. The molecule has 1 N–H and O–H groups in total. The van der Waals surface area contributed by atoms with Gasteiger partial charge in [0.15, 0.2) is 0 Å². The first-order valence-electron chi connectivity index (χ1n) is 8.70. The van der Waals surface area contributed by atoms with Crippen LogP contribution < -0.4 is 10.9 Å². The van der Waals surface area contributed by atoms with Gasteiger partial charge in [-0.3, -0.25) is 14.2 Å². The van der Waals surface area contributed by atoms with Crippen molar-refractivity contribution in [3.8, 4) is 0 Å². The van der Waals surface area contributed by atoms with Gasteiger partial charge in [-0.1, -0.05) is 24.6 Å². The molecule has 0 bridgehead atoms. The molecule has 0 aliphatic heterocycles. The van der Waals surface area contributed by atoms with Gasteiger partial charge < -0.3 is 5.32 Å². The maximum absolute atomic E-state index is 13.0. The molecule has 136 valence electrons. The molecule has 0 spiro atoms. The zero-order valence-electron chi connectivity index (χ0n) is 15.0. The number of hydrogen-bond donors (Lipinski definition) is 1. The van der Waals surface area contributed by atoms with Gasteiger partial charge in [-0.05, 0) is 37.6 Å². The molecule has 0 saturated heterocycles. The average molecular weight is 378 g/mol. The maximum atomic E-state index is 13.0. The zero-order valence-corrected chi connectivity index (χ0v) is 15.8. The van der Waals surface area contributed by atoms with E-state index in [-0.39, 0.29) is 11.5 Å². The van der Waals surface area contributed by atoms with E-state index in [0.29, 0.717) is 22.3 Å². The SMILES string of the molecule is CCC(C(=O)Nc1ccc(C)cc1)n1cnc2c(sc3ncccc32)c1=O. The van der Waals surface area contributed by atoms with E-state index < -0.39 is 6.04 Å². The van der Waals surface area contributed by atoms with Crippen LogP contribution in [0.2, 0.25) is 0 Å². The first-order chi connectivity index (χ1) is 13.1. The molecule has 0 saturated carbocycles. The fraction of sp³-hybridized carbons (Fsp3) is 0.200. The molecule has 7 heteroatoms. The van der Waals surface area contributed by atoms with Gasteiger partial charge >= 0.3 is 0 Å². The van der Waals surface area contributed by atoms with Gasteiger partial charge in [0.1, 0.15) is 15.6 Å². The number of rotatable bonds is 4. The highest BCUT2D eigenvalue weighted by Gasteiger charge is 2.22. The fourth-order valence-corrected chi connectivity index (χ4v) is 4.11. The van der Waals surface area contributed by atoms with E-state index in [4.69, 9.17) is 0 Å². The second kappa shape index (κ2) is 6.92. The number of nitrogens with zero attached hydrogens (tertiary/aromatic N) is 3. The van der Waals surface area contributed by atoms with Gasteiger partial charge in [0.25, 0.3) is 5.56 Å². The molecule has 0 fully saturated rings. The Labute approximate surface area is 159 Å². The van der Waals surface area contributed by atoms with Crippen LogP contribution in [0, 0.1) is 6.92 Å². The van der Waals surface area contributed by atoms with Gasteiger partial charge in [0.2, 0.25) is 5.91 Å². The third-order valence-corrected chi connectivity index (χ3v) is 5.62. The fourth-order valence-electron chi connectivity index (χ4n) is 3.08. The van der Waals surface area contributed by atoms with Crippen molar-refractivity contribution < 1.29 is 4.79 Å². The number of nitrogens with one attached hydrogen (secondary N) is 1. The smallest absolute Gasteiger partial charge is 0.272 e. The van der Waals surface area contributed by atoms with Gasteiger partial charge in [-0.25, -0.2) is 9.97 Å². The van der Waals surface area contributed by atoms with E-state index in [0.717, 1.165) is 15.8 Å². The average Bonchev–Trinajstić information content (AvgIpc) is 3.06. The first-order valence-corrected chi connectivity index (χ1v) is 9.52. The summed E-state index contributed by atoms with van der Waals surface area (Å²) in [4.78, 5) is 35.3. The molecule has 27 heavy (non-hydrogen) atoms. The number of benzene rings is 1. The van der Waals surface area contributed by atoms with Gasteiger partial charge in [-0.2, -0.15) is 0 Å². The van der Waals surface area contributed by atoms with E-state index >= 15 is 0 Å². The van der Waals surface area contributed by atoms with Crippen LogP contribution in [0.4, 0.5) is 5.69 Å². The summed E-state index contributed by atoms with van der Waals surface area (Å²) >= 11 is 1.31. The topological polar surface area (TPSA) is 76.9 Å². The Hall–Kier alpha value is -3.06. The molecule has 4 aromatic rings. The highest BCUT2D eigenvalue weighted by Crippen LogP contribution is 2.28. The maximum Gasteiger partial charge on any atom is 0.272 e. The Morgan fingerprint density at radius 3 is 2.74 bits per heavy atom. The quantitative estimate of drug-likeness (QED) is 0.584. The lowest BCUT2D eigenvalue weighted by Crippen LogP contribution is -2.33. The second-order valence-corrected chi connectivity index (χ2v) is 7.37. The Kier molecular flexibility index (Phi) is 4.45. The summed E-state index contributed by atoms with van der Waals surface area (Å²) in [6, 6.07) is 10.7. The van der Waals surface area contributed by atoms with Crippen LogP contribution in [0.15, 0.2) is 53.7 Å². The molecule has 1 atom stereocenters. The summed E-state index contributed by atoms with van der Waals surface area (Å²) in [5, 5.41) is 3.75. The van der Waals surface area contributed by atoms with Gasteiger partial charge in [-0.15, -0.1) is 11.3 Å². The van der Waals surface area contributed by atoms with Crippen molar-refractivity contribution >= 4 is 43.4 Å². The molecular formula is C20H18N4O2S. The minimum atomic E-state index is -0.631. The second-order valence-electron chi connectivity index (χ2n) is 6.37. The van der Waals surface area contributed by atoms with E-state index in [9.17, 15) is 9.59 Å². The number of carbonyl (C=O) groups is 1. The molecule has 4 rings (SSSR count). The van der Waals surface area contributed by atoms with Crippen molar-refractivity contribution in [1.29, 1.82) is 0 Å². The van der Waals surface area contributed by atoms with Crippen molar-refractivity contribution in [2.24, 2.45) is 0 Å². The monoisotopic (exact) mass is 378 g/mol. The van der Waals surface area contributed by atoms with Gasteiger partial charge in [0, 0.05) is 17.3 Å². The van der Waals surface area contributed by atoms with Crippen LogP contribution in [0.3, 0.4) is 0 Å². The summed E-state index contributed by atoms with van der Waals surface area (Å²) in [5.74, 6) is -0.233. The largest absolute Gasteiger partial charge is 0.324 e. The molecule has 3 aromatic heterocycles. The van der Waals surface area contributed by atoms with Crippen LogP contribution in [-0.4, -0.2) is 20.4 Å². The Bertz CT molecular complexity index is 1190. The van der Waals surface area contributed by atoms with Crippen molar-refractivity contribution in [2.45, 2.75) is 26.3 Å². The number of fused-ring (bicyclic) bond motifs is 3.